The van der Waals surface area contributed by atoms with Crippen molar-refractivity contribution in [3.63, 3.8) is 0 Å². The Kier molecular flexibility index (Phi) is 7.39. The third-order valence-electron chi connectivity index (χ3n) is 5.09. The molecule has 0 amide bonds. The lowest BCUT2D eigenvalue weighted by Gasteiger charge is -2.20. The van der Waals surface area contributed by atoms with Gasteiger partial charge in [-0.1, -0.05) is 44.2 Å². The highest BCUT2D eigenvalue weighted by molar-refractivity contribution is 9.10. The van der Waals surface area contributed by atoms with Crippen LogP contribution in [0.1, 0.15) is 25.1 Å². The van der Waals surface area contributed by atoms with Gasteiger partial charge in [0.25, 0.3) is 0 Å². The van der Waals surface area contributed by atoms with Crippen LogP contribution in [0.5, 0.6) is 5.75 Å². The monoisotopic (exact) mass is 490 g/mol. The van der Waals surface area contributed by atoms with Crippen LogP contribution in [0.15, 0.2) is 64.0 Å². The molecule has 0 unspecified atom stereocenters. The van der Waals surface area contributed by atoms with Gasteiger partial charge < -0.3 is 9.72 Å². The summed E-state index contributed by atoms with van der Waals surface area (Å²) < 4.78 is 31.0. The van der Waals surface area contributed by atoms with Crippen LogP contribution in [0.4, 0.5) is 0 Å². The molecule has 0 atom stereocenters. The molecule has 0 saturated carbocycles. The Labute approximate surface area is 187 Å². The predicted octanol–water partition coefficient (Wildman–Crippen LogP) is 5.27. The summed E-state index contributed by atoms with van der Waals surface area (Å²) in [6.07, 6.45) is 0. The third-order valence-corrected chi connectivity index (χ3v) is 7.39. The van der Waals surface area contributed by atoms with Crippen LogP contribution in [0, 0.1) is 0 Å². The molecule has 1 aromatic heterocycles. The van der Waals surface area contributed by atoms with Crippen LogP contribution < -0.4 is 4.74 Å². The highest BCUT2D eigenvalue weighted by atomic mass is 79.9. The molecule has 160 valence electrons. The number of sulfone groups is 1. The molecule has 1 heterocycles. The Hall–Kier alpha value is -2.09. The van der Waals surface area contributed by atoms with E-state index < -0.39 is 9.84 Å². The zero-order chi connectivity index (χ0) is 21.7. The van der Waals surface area contributed by atoms with E-state index in [4.69, 9.17) is 4.74 Å². The zero-order valence-electron chi connectivity index (χ0n) is 17.5. The lowest BCUT2D eigenvalue weighted by atomic mass is 10.1. The molecule has 0 bridgehead atoms. The van der Waals surface area contributed by atoms with Crippen LogP contribution in [0.25, 0.3) is 11.3 Å². The molecule has 1 N–H and O–H groups in total. The average Bonchev–Trinajstić information content (AvgIpc) is 3.21. The fourth-order valence-corrected chi connectivity index (χ4v) is 5.08. The minimum absolute atomic E-state index is 0.0477. The number of halogens is 1. The van der Waals surface area contributed by atoms with Crippen LogP contribution in [-0.4, -0.2) is 37.7 Å². The minimum atomic E-state index is -3.33. The van der Waals surface area contributed by atoms with Crippen LogP contribution in [-0.2, 0) is 22.9 Å². The van der Waals surface area contributed by atoms with Gasteiger partial charge in [-0.2, -0.15) is 0 Å². The van der Waals surface area contributed by atoms with E-state index >= 15 is 0 Å². The van der Waals surface area contributed by atoms with E-state index in [1.807, 2.05) is 18.2 Å². The summed E-state index contributed by atoms with van der Waals surface area (Å²) in [6, 6.07) is 17.7. The Morgan fingerprint density at radius 1 is 1.03 bits per heavy atom. The Bertz CT molecular complexity index is 1090. The van der Waals surface area contributed by atoms with Gasteiger partial charge in [0.05, 0.1) is 22.2 Å². The summed E-state index contributed by atoms with van der Waals surface area (Å²) in [6.45, 7) is 6.34. The van der Waals surface area contributed by atoms with Crippen molar-refractivity contribution in [2.24, 2.45) is 0 Å². The number of methoxy groups -OCH3 is 1. The topological polar surface area (TPSA) is 62.4 Å². The molecule has 0 aliphatic heterocycles. The first-order chi connectivity index (χ1) is 14.4. The van der Waals surface area contributed by atoms with E-state index in [9.17, 15) is 8.42 Å². The molecule has 5 nitrogen and oxygen atoms in total. The number of hydrogen-bond acceptors (Lipinski definition) is 4. The predicted molar refractivity (Wildman–Crippen MR) is 124 cm³/mol. The minimum Gasteiger partial charge on any atom is -0.495 e. The first-order valence-electron chi connectivity index (χ1n) is 9.92. The maximum atomic E-state index is 12.4. The highest BCUT2D eigenvalue weighted by Crippen LogP contribution is 2.38. The molecule has 0 spiro atoms. The second-order valence-electron chi connectivity index (χ2n) is 7.08. The summed E-state index contributed by atoms with van der Waals surface area (Å²) in [7, 11) is -1.75. The zero-order valence-corrected chi connectivity index (χ0v) is 19.9. The van der Waals surface area contributed by atoms with Gasteiger partial charge in [0.15, 0.2) is 9.84 Å². The van der Waals surface area contributed by atoms with E-state index in [1.165, 1.54) is 5.56 Å². The number of ether oxygens (including phenoxy) is 1. The van der Waals surface area contributed by atoms with Crippen molar-refractivity contribution in [1.29, 1.82) is 0 Å². The molecule has 2 aromatic carbocycles. The summed E-state index contributed by atoms with van der Waals surface area (Å²) in [5.74, 6) is 0.654. The molecule has 30 heavy (non-hydrogen) atoms. The van der Waals surface area contributed by atoms with Crippen molar-refractivity contribution in [1.82, 2.24) is 9.88 Å². The molecule has 0 aliphatic carbocycles. The molecule has 0 aliphatic rings. The second kappa shape index (κ2) is 9.81. The maximum absolute atomic E-state index is 12.4. The molecule has 0 saturated heterocycles. The number of benzene rings is 2. The molecule has 0 fully saturated rings. The third kappa shape index (κ3) is 5.14. The number of H-pyrrole nitrogens is 1. The SMILES string of the molecule is CCN(Cc1ccccc1)Cc1ccc(-c2cc(S(=O)(=O)CC)cc(Br)c2OC)[nH]1. The lowest BCUT2D eigenvalue weighted by molar-refractivity contribution is 0.268. The largest absolute Gasteiger partial charge is 0.495 e. The maximum Gasteiger partial charge on any atom is 0.178 e. The quantitative estimate of drug-likeness (QED) is 0.443. The van der Waals surface area contributed by atoms with Gasteiger partial charge in [-0.25, -0.2) is 8.42 Å². The Balaban J connectivity index is 1.89. The van der Waals surface area contributed by atoms with Crippen molar-refractivity contribution in [2.75, 3.05) is 19.4 Å². The van der Waals surface area contributed by atoms with Crippen molar-refractivity contribution < 1.29 is 13.2 Å². The van der Waals surface area contributed by atoms with E-state index in [2.05, 4.69) is 57.0 Å². The van der Waals surface area contributed by atoms with Gasteiger partial charge in [0, 0.05) is 30.0 Å². The molecule has 7 heteroatoms. The smallest absolute Gasteiger partial charge is 0.178 e. The van der Waals surface area contributed by atoms with Crippen molar-refractivity contribution in [2.45, 2.75) is 31.8 Å². The number of aromatic amines is 1. The van der Waals surface area contributed by atoms with Gasteiger partial charge in [0.2, 0.25) is 0 Å². The van der Waals surface area contributed by atoms with Crippen LogP contribution in [0.2, 0.25) is 0 Å². The molecular weight excluding hydrogens is 464 g/mol. The number of nitrogens with one attached hydrogen (secondary N) is 1. The standard InChI is InChI=1S/C23H27BrN2O3S/c1-4-26(15-17-9-7-6-8-10-17)16-18-11-12-22(25-18)20-13-19(30(27,28)5-2)14-21(24)23(20)29-3/h6-14,25H,4-5,15-16H2,1-3H3. The molecule has 0 radical (unpaired) electrons. The van der Waals surface area contributed by atoms with Gasteiger partial charge in [0.1, 0.15) is 5.75 Å². The molecular formula is C23H27BrN2O3S. The Morgan fingerprint density at radius 2 is 1.77 bits per heavy atom. The lowest BCUT2D eigenvalue weighted by Crippen LogP contribution is -2.22. The number of aromatic nitrogens is 1. The average molecular weight is 491 g/mol. The van der Waals surface area contributed by atoms with E-state index in [1.54, 1.807) is 26.2 Å². The van der Waals surface area contributed by atoms with E-state index in [0.717, 1.165) is 36.6 Å². The summed E-state index contributed by atoms with van der Waals surface area (Å²) in [5, 5.41) is 0. The van der Waals surface area contributed by atoms with E-state index in [0.29, 0.717) is 10.2 Å². The molecule has 3 rings (SSSR count). The van der Waals surface area contributed by atoms with Gasteiger partial charge in [-0.3, -0.25) is 4.90 Å². The van der Waals surface area contributed by atoms with E-state index in [-0.39, 0.29) is 10.6 Å². The first-order valence-corrected chi connectivity index (χ1v) is 12.4. The van der Waals surface area contributed by atoms with Crippen LogP contribution >= 0.6 is 15.9 Å². The van der Waals surface area contributed by atoms with Crippen molar-refractivity contribution >= 4 is 25.8 Å². The fourth-order valence-electron chi connectivity index (χ4n) is 3.37. The number of nitrogens with zero attached hydrogens (tertiary/aromatic N) is 1. The fraction of sp³-hybridized carbons (Fsp3) is 0.304. The van der Waals surface area contributed by atoms with Gasteiger partial charge in [-0.05, 0) is 52.3 Å². The van der Waals surface area contributed by atoms with Gasteiger partial charge in [-0.15, -0.1) is 0 Å². The second-order valence-corrected chi connectivity index (χ2v) is 10.2. The summed E-state index contributed by atoms with van der Waals surface area (Å²) in [4.78, 5) is 6.07. The first kappa shape index (κ1) is 22.6. The number of hydrogen-bond donors (Lipinski definition) is 1. The normalized spacial score (nSPS) is 11.8. The summed E-state index contributed by atoms with van der Waals surface area (Å²) >= 11 is 3.46. The molecule has 3 aromatic rings. The van der Waals surface area contributed by atoms with Crippen LogP contribution in [0.3, 0.4) is 0 Å². The summed E-state index contributed by atoms with van der Waals surface area (Å²) in [5.41, 5.74) is 3.88. The highest BCUT2D eigenvalue weighted by Gasteiger charge is 2.20. The Morgan fingerprint density at radius 3 is 2.40 bits per heavy atom. The van der Waals surface area contributed by atoms with Gasteiger partial charge >= 0.3 is 0 Å². The van der Waals surface area contributed by atoms with Crippen molar-refractivity contribution in [3.8, 4) is 17.0 Å². The number of rotatable bonds is 9. The van der Waals surface area contributed by atoms with Crippen molar-refractivity contribution in [3.05, 3.63) is 70.3 Å².